The van der Waals surface area contributed by atoms with Crippen molar-refractivity contribution in [2.75, 3.05) is 13.1 Å². The van der Waals surface area contributed by atoms with Crippen LogP contribution in [-0.4, -0.2) is 34.2 Å². The molecular weight excluding hydrogens is 196 g/mol. The van der Waals surface area contributed by atoms with Crippen LogP contribution in [0.5, 0.6) is 0 Å². The summed E-state index contributed by atoms with van der Waals surface area (Å²) < 4.78 is 0. The Morgan fingerprint density at radius 3 is 3.14 bits per heavy atom. The van der Waals surface area contributed by atoms with Crippen LogP contribution >= 0.6 is 11.3 Å². The number of hydrogen-bond donors (Lipinski definition) is 1. The molecule has 1 aliphatic rings. The molecule has 2 heterocycles. The average molecular weight is 212 g/mol. The molecular formula is C10H16N2OS. The lowest BCUT2D eigenvalue weighted by Gasteiger charge is -2.33. The molecule has 2 atom stereocenters. The first-order chi connectivity index (χ1) is 6.74. The molecule has 1 aliphatic heterocycles. The number of piperidine rings is 1. The number of β-amino-alcohol motifs (C(OH)–C–C–N with tert-alkyl or cyclic N) is 1. The molecule has 1 saturated heterocycles. The Labute approximate surface area is 88.4 Å². The molecule has 2 rings (SSSR count). The van der Waals surface area contributed by atoms with Crippen LogP contribution < -0.4 is 0 Å². The average Bonchev–Trinajstić information content (AvgIpc) is 2.54. The number of rotatable bonds is 2. The lowest BCUT2D eigenvalue weighted by Crippen LogP contribution is -2.41. The van der Waals surface area contributed by atoms with Gasteiger partial charge >= 0.3 is 0 Å². The van der Waals surface area contributed by atoms with Crippen molar-refractivity contribution in [3.63, 3.8) is 0 Å². The minimum absolute atomic E-state index is 0.147. The molecule has 0 amide bonds. The molecule has 1 N–H and O–H groups in total. The summed E-state index contributed by atoms with van der Waals surface area (Å²) in [6.45, 7) is 5.03. The predicted molar refractivity (Wildman–Crippen MR) is 57.2 cm³/mol. The van der Waals surface area contributed by atoms with E-state index in [0.29, 0.717) is 5.92 Å². The number of thiazole rings is 1. The minimum atomic E-state index is -0.147. The number of nitrogens with zero attached hydrogens (tertiary/aromatic N) is 2. The Morgan fingerprint density at radius 2 is 2.50 bits per heavy atom. The Morgan fingerprint density at radius 1 is 1.64 bits per heavy atom. The van der Waals surface area contributed by atoms with Gasteiger partial charge in [-0.1, -0.05) is 6.92 Å². The second kappa shape index (κ2) is 4.38. The van der Waals surface area contributed by atoms with E-state index in [9.17, 15) is 5.11 Å². The van der Waals surface area contributed by atoms with Gasteiger partial charge in [-0.25, -0.2) is 0 Å². The number of hydrogen-bond acceptors (Lipinski definition) is 4. The largest absolute Gasteiger partial charge is 0.392 e. The standard InChI is InChI=1S/C10H16N2OS/c1-8-2-9(13)5-12(4-8)6-10-3-11-7-14-10/h3,7-9,13H,2,4-6H2,1H3/t8-,9+/m1/s1. The zero-order valence-electron chi connectivity index (χ0n) is 8.39. The molecule has 0 spiro atoms. The van der Waals surface area contributed by atoms with Gasteiger partial charge in [0.15, 0.2) is 0 Å². The highest BCUT2D eigenvalue weighted by atomic mass is 32.1. The highest BCUT2D eigenvalue weighted by Crippen LogP contribution is 2.19. The highest BCUT2D eigenvalue weighted by molar-refractivity contribution is 7.09. The van der Waals surface area contributed by atoms with Crippen LogP contribution in [0, 0.1) is 5.92 Å². The maximum absolute atomic E-state index is 9.62. The lowest BCUT2D eigenvalue weighted by molar-refractivity contribution is 0.0413. The molecule has 0 radical (unpaired) electrons. The van der Waals surface area contributed by atoms with Crippen LogP contribution in [0.15, 0.2) is 11.7 Å². The minimum Gasteiger partial charge on any atom is -0.392 e. The first-order valence-electron chi connectivity index (χ1n) is 5.02. The third kappa shape index (κ3) is 2.53. The zero-order valence-corrected chi connectivity index (χ0v) is 9.20. The Kier molecular flexibility index (Phi) is 3.15. The van der Waals surface area contributed by atoms with Crippen molar-refractivity contribution in [1.29, 1.82) is 0 Å². The smallest absolute Gasteiger partial charge is 0.0794 e. The van der Waals surface area contributed by atoms with Gasteiger partial charge in [0.25, 0.3) is 0 Å². The van der Waals surface area contributed by atoms with Gasteiger partial charge in [0.2, 0.25) is 0 Å². The van der Waals surface area contributed by atoms with Crippen molar-refractivity contribution in [1.82, 2.24) is 9.88 Å². The molecule has 0 saturated carbocycles. The molecule has 14 heavy (non-hydrogen) atoms. The molecule has 0 aliphatic carbocycles. The molecule has 4 heteroatoms. The number of aliphatic hydroxyl groups is 1. The first-order valence-corrected chi connectivity index (χ1v) is 5.90. The third-order valence-corrected chi connectivity index (χ3v) is 3.34. The summed E-state index contributed by atoms with van der Waals surface area (Å²) in [6, 6.07) is 0. The van der Waals surface area contributed by atoms with Gasteiger partial charge in [-0.2, -0.15) is 0 Å². The van der Waals surface area contributed by atoms with E-state index in [0.717, 1.165) is 26.1 Å². The predicted octanol–water partition coefficient (Wildman–Crippen LogP) is 1.35. The van der Waals surface area contributed by atoms with Crippen LogP contribution in [0.4, 0.5) is 0 Å². The molecule has 3 nitrogen and oxygen atoms in total. The van der Waals surface area contributed by atoms with E-state index in [1.807, 2.05) is 11.7 Å². The van der Waals surface area contributed by atoms with E-state index in [2.05, 4.69) is 16.8 Å². The Bertz CT molecular complexity index is 266. The van der Waals surface area contributed by atoms with Crippen molar-refractivity contribution in [2.24, 2.45) is 5.92 Å². The summed E-state index contributed by atoms with van der Waals surface area (Å²) in [4.78, 5) is 7.65. The number of aliphatic hydroxyl groups excluding tert-OH is 1. The fraction of sp³-hybridized carbons (Fsp3) is 0.700. The first kappa shape index (κ1) is 10.1. The van der Waals surface area contributed by atoms with Gasteiger partial charge in [0, 0.05) is 30.7 Å². The summed E-state index contributed by atoms with van der Waals surface area (Å²) in [7, 11) is 0. The third-order valence-electron chi connectivity index (χ3n) is 2.58. The highest BCUT2D eigenvalue weighted by Gasteiger charge is 2.22. The second-order valence-corrected chi connectivity index (χ2v) is 5.13. The summed E-state index contributed by atoms with van der Waals surface area (Å²) in [5.74, 6) is 0.603. The maximum Gasteiger partial charge on any atom is 0.0794 e. The summed E-state index contributed by atoms with van der Waals surface area (Å²) in [5, 5.41) is 9.62. The van der Waals surface area contributed by atoms with Crippen LogP contribution in [0.25, 0.3) is 0 Å². The molecule has 1 aromatic rings. The van der Waals surface area contributed by atoms with Gasteiger partial charge < -0.3 is 5.11 Å². The van der Waals surface area contributed by atoms with Gasteiger partial charge in [0.05, 0.1) is 11.6 Å². The van der Waals surface area contributed by atoms with Crippen molar-refractivity contribution in [3.05, 3.63) is 16.6 Å². The monoisotopic (exact) mass is 212 g/mol. The van der Waals surface area contributed by atoms with E-state index in [4.69, 9.17) is 0 Å². The second-order valence-electron chi connectivity index (χ2n) is 4.16. The Hall–Kier alpha value is -0.450. The van der Waals surface area contributed by atoms with Crippen LogP contribution in [0.1, 0.15) is 18.2 Å². The fourth-order valence-corrected chi connectivity index (χ4v) is 2.73. The normalized spacial score (nSPS) is 29.3. The van der Waals surface area contributed by atoms with Crippen molar-refractivity contribution in [2.45, 2.75) is 26.0 Å². The summed E-state index contributed by atoms with van der Waals surface area (Å²) in [5.41, 5.74) is 1.86. The van der Waals surface area contributed by atoms with Gasteiger partial charge in [0.1, 0.15) is 0 Å². The molecule has 1 fully saturated rings. The number of likely N-dealkylation sites (tertiary alicyclic amines) is 1. The molecule has 1 aromatic heterocycles. The van der Waals surface area contributed by atoms with Crippen molar-refractivity contribution < 1.29 is 5.11 Å². The lowest BCUT2D eigenvalue weighted by atomic mass is 9.98. The maximum atomic E-state index is 9.62. The van der Waals surface area contributed by atoms with E-state index in [-0.39, 0.29) is 6.10 Å². The van der Waals surface area contributed by atoms with E-state index < -0.39 is 0 Å². The number of aromatic nitrogens is 1. The SMILES string of the molecule is C[C@@H]1C[C@H](O)CN(Cc2cncs2)C1. The van der Waals surface area contributed by atoms with E-state index in [1.165, 1.54) is 4.88 Å². The molecule has 78 valence electrons. The van der Waals surface area contributed by atoms with Crippen LogP contribution in [0.3, 0.4) is 0 Å². The van der Waals surface area contributed by atoms with Crippen molar-refractivity contribution in [3.8, 4) is 0 Å². The molecule has 0 bridgehead atoms. The van der Waals surface area contributed by atoms with Crippen LogP contribution in [-0.2, 0) is 6.54 Å². The summed E-state index contributed by atoms with van der Waals surface area (Å²) >= 11 is 1.68. The molecule has 0 unspecified atom stereocenters. The quantitative estimate of drug-likeness (QED) is 0.804. The van der Waals surface area contributed by atoms with Gasteiger partial charge in [-0.3, -0.25) is 9.88 Å². The van der Waals surface area contributed by atoms with E-state index in [1.54, 1.807) is 11.3 Å². The van der Waals surface area contributed by atoms with Gasteiger partial charge in [-0.15, -0.1) is 11.3 Å². The van der Waals surface area contributed by atoms with Crippen molar-refractivity contribution >= 4 is 11.3 Å². The summed E-state index contributed by atoms with van der Waals surface area (Å²) in [6.07, 6.45) is 2.71. The topological polar surface area (TPSA) is 36.4 Å². The van der Waals surface area contributed by atoms with Gasteiger partial charge in [-0.05, 0) is 12.3 Å². The Balaban J connectivity index is 1.91. The van der Waals surface area contributed by atoms with Crippen LogP contribution in [0.2, 0.25) is 0 Å². The zero-order chi connectivity index (χ0) is 9.97. The molecule has 0 aromatic carbocycles. The van der Waals surface area contributed by atoms with E-state index >= 15 is 0 Å². The fourth-order valence-electron chi connectivity index (χ4n) is 2.10.